The Labute approximate surface area is 163 Å². The molecule has 1 saturated heterocycles. The van der Waals surface area contributed by atoms with Crippen molar-refractivity contribution in [1.82, 2.24) is 14.7 Å². The molecular weight excluding hydrogens is 342 g/mol. The second-order valence-electron chi connectivity index (χ2n) is 7.14. The van der Waals surface area contributed by atoms with Crippen molar-refractivity contribution >= 4 is 12.0 Å². The van der Waals surface area contributed by atoms with E-state index in [0.717, 1.165) is 51.0 Å². The summed E-state index contributed by atoms with van der Waals surface area (Å²) in [7, 11) is 1.89. The maximum absolute atomic E-state index is 12.2. The van der Waals surface area contributed by atoms with E-state index in [-0.39, 0.29) is 12.0 Å². The van der Waals surface area contributed by atoms with Crippen molar-refractivity contribution in [3.63, 3.8) is 0 Å². The Morgan fingerprint density at radius 3 is 2.44 bits per heavy atom. The lowest BCUT2D eigenvalue weighted by atomic mass is 10.2. The molecule has 27 heavy (non-hydrogen) atoms. The molecule has 0 unspecified atom stereocenters. The molecule has 150 valence electrons. The summed E-state index contributed by atoms with van der Waals surface area (Å²) in [6.45, 7) is 7.22. The molecule has 0 atom stereocenters. The highest BCUT2D eigenvalue weighted by Gasteiger charge is 2.22. The average Bonchev–Trinajstić information content (AvgIpc) is 2.71. The molecule has 1 aliphatic rings. The van der Waals surface area contributed by atoms with E-state index in [1.165, 1.54) is 0 Å². The molecule has 0 spiro atoms. The fourth-order valence-electron chi connectivity index (χ4n) is 3.13. The highest BCUT2D eigenvalue weighted by atomic mass is 16.6. The second kappa shape index (κ2) is 11.6. The van der Waals surface area contributed by atoms with Crippen molar-refractivity contribution in [3.8, 4) is 0 Å². The van der Waals surface area contributed by atoms with Crippen LogP contribution in [0.4, 0.5) is 4.79 Å². The van der Waals surface area contributed by atoms with Gasteiger partial charge < -0.3 is 14.5 Å². The van der Waals surface area contributed by atoms with Gasteiger partial charge in [-0.25, -0.2) is 4.79 Å². The summed E-state index contributed by atoms with van der Waals surface area (Å²) in [4.78, 5) is 30.2. The standard InChI is InChI=1S/C21H33N3O3/c1-3-4-12-22(2)20(25)11-8-13-23-14-16-24(17-15-23)21(26)27-18-19-9-6-5-7-10-19/h5-7,9-10H,3-4,8,11-18H2,1-2H3. The average molecular weight is 376 g/mol. The summed E-state index contributed by atoms with van der Waals surface area (Å²) >= 11 is 0. The molecule has 6 nitrogen and oxygen atoms in total. The van der Waals surface area contributed by atoms with Crippen LogP contribution in [0.25, 0.3) is 0 Å². The Morgan fingerprint density at radius 2 is 1.78 bits per heavy atom. The Hall–Kier alpha value is -2.08. The minimum atomic E-state index is -0.244. The molecular formula is C21H33N3O3. The predicted octanol–water partition coefficient (Wildman–Crippen LogP) is 2.98. The number of piperazine rings is 1. The van der Waals surface area contributed by atoms with Crippen LogP contribution in [0.3, 0.4) is 0 Å². The third-order valence-electron chi connectivity index (χ3n) is 4.97. The first-order chi connectivity index (χ1) is 13.1. The first-order valence-electron chi connectivity index (χ1n) is 10.0. The van der Waals surface area contributed by atoms with Gasteiger partial charge >= 0.3 is 6.09 Å². The third kappa shape index (κ3) is 7.59. The zero-order valence-corrected chi connectivity index (χ0v) is 16.7. The highest BCUT2D eigenvalue weighted by Crippen LogP contribution is 2.08. The summed E-state index contributed by atoms with van der Waals surface area (Å²) in [6.07, 6.45) is 3.39. The number of rotatable bonds is 9. The van der Waals surface area contributed by atoms with Gasteiger partial charge in [-0.3, -0.25) is 9.69 Å². The van der Waals surface area contributed by atoms with Crippen LogP contribution in [0, 0.1) is 0 Å². The lowest BCUT2D eigenvalue weighted by molar-refractivity contribution is -0.130. The van der Waals surface area contributed by atoms with Gasteiger partial charge in [-0.05, 0) is 24.9 Å². The van der Waals surface area contributed by atoms with Crippen LogP contribution in [0.5, 0.6) is 0 Å². The molecule has 1 aromatic rings. The predicted molar refractivity (Wildman–Crippen MR) is 106 cm³/mol. The quantitative estimate of drug-likeness (QED) is 0.666. The van der Waals surface area contributed by atoms with Crippen LogP contribution < -0.4 is 0 Å². The summed E-state index contributed by atoms with van der Waals surface area (Å²) < 4.78 is 5.39. The van der Waals surface area contributed by atoms with Crippen molar-refractivity contribution in [3.05, 3.63) is 35.9 Å². The maximum Gasteiger partial charge on any atom is 0.410 e. The van der Waals surface area contributed by atoms with Crippen LogP contribution in [0.1, 0.15) is 38.2 Å². The van der Waals surface area contributed by atoms with Gasteiger partial charge in [0, 0.05) is 46.2 Å². The smallest absolute Gasteiger partial charge is 0.410 e. The Bertz CT molecular complexity index is 571. The SMILES string of the molecule is CCCCN(C)C(=O)CCCN1CCN(C(=O)OCc2ccccc2)CC1. The minimum absolute atomic E-state index is 0.228. The summed E-state index contributed by atoms with van der Waals surface area (Å²) in [6, 6.07) is 9.72. The van der Waals surface area contributed by atoms with Gasteiger partial charge in [-0.2, -0.15) is 0 Å². The number of benzene rings is 1. The summed E-state index contributed by atoms with van der Waals surface area (Å²) in [5, 5.41) is 0. The van der Waals surface area contributed by atoms with Crippen LogP contribution >= 0.6 is 0 Å². The topological polar surface area (TPSA) is 53.1 Å². The summed E-state index contributed by atoms with van der Waals surface area (Å²) in [5.41, 5.74) is 0.998. The van der Waals surface area contributed by atoms with Gasteiger partial charge in [0.2, 0.25) is 5.91 Å². The number of amides is 2. The van der Waals surface area contributed by atoms with Gasteiger partial charge in [-0.15, -0.1) is 0 Å². The van der Waals surface area contributed by atoms with E-state index in [1.807, 2.05) is 42.3 Å². The molecule has 2 rings (SSSR count). The molecule has 6 heteroatoms. The van der Waals surface area contributed by atoms with Crippen molar-refractivity contribution < 1.29 is 14.3 Å². The number of hydrogen-bond acceptors (Lipinski definition) is 4. The zero-order chi connectivity index (χ0) is 19.5. The van der Waals surface area contributed by atoms with E-state index in [2.05, 4.69) is 11.8 Å². The number of ether oxygens (including phenoxy) is 1. The van der Waals surface area contributed by atoms with E-state index in [0.29, 0.717) is 26.1 Å². The van der Waals surface area contributed by atoms with Crippen molar-refractivity contribution in [1.29, 1.82) is 0 Å². The molecule has 0 aromatic heterocycles. The fraction of sp³-hybridized carbons (Fsp3) is 0.619. The number of carbonyl (C=O) groups is 2. The number of unbranched alkanes of at least 4 members (excludes halogenated alkanes) is 1. The molecule has 0 N–H and O–H groups in total. The molecule has 1 fully saturated rings. The van der Waals surface area contributed by atoms with Crippen LogP contribution in [0.2, 0.25) is 0 Å². The molecule has 1 aromatic carbocycles. The molecule has 1 aliphatic heterocycles. The minimum Gasteiger partial charge on any atom is -0.445 e. The zero-order valence-electron chi connectivity index (χ0n) is 16.7. The highest BCUT2D eigenvalue weighted by molar-refractivity contribution is 5.75. The van der Waals surface area contributed by atoms with Crippen molar-refractivity contribution in [2.75, 3.05) is 46.3 Å². The van der Waals surface area contributed by atoms with Gasteiger partial charge in [0.25, 0.3) is 0 Å². The molecule has 0 bridgehead atoms. The number of carbonyl (C=O) groups excluding carboxylic acids is 2. The Balaban J connectivity index is 1.59. The van der Waals surface area contributed by atoms with E-state index in [4.69, 9.17) is 4.74 Å². The van der Waals surface area contributed by atoms with Crippen molar-refractivity contribution in [2.24, 2.45) is 0 Å². The number of hydrogen-bond donors (Lipinski definition) is 0. The Morgan fingerprint density at radius 1 is 1.07 bits per heavy atom. The molecule has 0 aliphatic carbocycles. The number of nitrogens with zero attached hydrogens (tertiary/aromatic N) is 3. The van der Waals surface area contributed by atoms with E-state index in [9.17, 15) is 9.59 Å². The monoisotopic (exact) mass is 375 g/mol. The first kappa shape index (κ1) is 21.2. The van der Waals surface area contributed by atoms with Crippen LogP contribution in [-0.4, -0.2) is 73.0 Å². The van der Waals surface area contributed by atoms with Gasteiger partial charge in [0.1, 0.15) is 6.61 Å². The molecule has 2 amide bonds. The van der Waals surface area contributed by atoms with E-state index in [1.54, 1.807) is 4.90 Å². The van der Waals surface area contributed by atoms with Gasteiger partial charge in [0.15, 0.2) is 0 Å². The normalized spacial score (nSPS) is 14.8. The third-order valence-corrected chi connectivity index (χ3v) is 4.97. The maximum atomic E-state index is 12.2. The van der Waals surface area contributed by atoms with Gasteiger partial charge in [-0.1, -0.05) is 43.7 Å². The Kier molecular flexibility index (Phi) is 9.11. The lowest BCUT2D eigenvalue weighted by Crippen LogP contribution is -2.49. The van der Waals surface area contributed by atoms with E-state index >= 15 is 0 Å². The van der Waals surface area contributed by atoms with Crippen LogP contribution in [-0.2, 0) is 16.1 Å². The lowest BCUT2D eigenvalue weighted by Gasteiger charge is -2.34. The van der Waals surface area contributed by atoms with Gasteiger partial charge in [0.05, 0.1) is 0 Å². The fourth-order valence-corrected chi connectivity index (χ4v) is 3.13. The van der Waals surface area contributed by atoms with Crippen LogP contribution in [0.15, 0.2) is 30.3 Å². The molecule has 0 saturated carbocycles. The molecule has 1 heterocycles. The van der Waals surface area contributed by atoms with Crippen molar-refractivity contribution in [2.45, 2.75) is 39.2 Å². The second-order valence-corrected chi connectivity index (χ2v) is 7.14. The van der Waals surface area contributed by atoms with E-state index < -0.39 is 0 Å². The first-order valence-corrected chi connectivity index (χ1v) is 10.0. The molecule has 0 radical (unpaired) electrons. The summed E-state index contributed by atoms with van der Waals surface area (Å²) in [5.74, 6) is 0.228. The largest absolute Gasteiger partial charge is 0.445 e.